The third kappa shape index (κ3) is 3.42. The van der Waals surface area contributed by atoms with Crippen LogP contribution in [0.25, 0.3) is 0 Å². The third-order valence-electron chi connectivity index (χ3n) is 3.94. The van der Waals surface area contributed by atoms with E-state index in [-0.39, 0.29) is 12.4 Å². The quantitative estimate of drug-likeness (QED) is 0.640. The summed E-state index contributed by atoms with van der Waals surface area (Å²) in [6.07, 6.45) is 2.20. The molecule has 0 atom stereocenters. The van der Waals surface area contributed by atoms with Crippen LogP contribution in [0.15, 0.2) is 42.5 Å². The van der Waals surface area contributed by atoms with Crippen LogP contribution < -0.4 is 9.47 Å². The number of carbonyl (C=O) groups is 2. The summed E-state index contributed by atoms with van der Waals surface area (Å²) >= 11 is 0. The fourth-order valence-corrected chi connectivity index (χ4v) is 2.81. The third-order valence-corrected chi connectivity index (χ3v) is 3.94. The number of Topliss-reactive ketones (excluding diaryl/α,β-unsaturated/α-hetero) is 1. The van der Waals surface area contributed by atoms with Gasteiger partial charge in [-0.1, -0.05) is 24.3 Å². The molecule has 0 fully saturated rings. The first-order valence-corrected chi connectivity index (χ1v) is 7.69. The first-order valence-electron chi connectivity index (χ1n) is 7.69. The van der Waals surface area contributed by atoms with E-state index < -0.39 is 5.97 Å². The molecular weight excluding hydrogens is 292 g/mol. The van der Waals surface area contributed by atoms with E-state index in [1.54, 1.807) is 18.2 Å². The number of ether oxygens (including phenoxy) is 2. The van der Waals surface area contributed by atoms with Crippen LogP contribution in [0, 0.1) is 6.92 Å². The molecule has 0 unspecified atom stereocenters. The SMILES string of the molecule is Cc1ccc(OC(=O)COc2ccccc2)c2c1CCCC2=O. The molecule has 0 aromatic heterocycles. The zero-order chi connectivity index (χ0) is 16.2. The van der Waals surface area contributed by atoms with Gasteiger partial charge < -0.3 is 9.47 Å². The van der Waals surface area contributed by atoms with Crippen LogP contribution in [0.2, 0.25) is 0 Å². The number of fused-ring (bicyclic) bond motifs is 1. The van der Waals surface area contributed by atoms with Crippen molar-refractivity contribution in [2.75, 3.05) is 6.61 Å². The number of para-hydroxylation sites is 1. The van der Waals surface area contributed by atoms with Gasteiger partial charge in [-0.05, 0) is 49.1 Å². The van der Waals surface area contributed by atoms with Crippen molar-refractivity contribution in [2.45, 2.75) is 26.2 Å². The van der Waals surface area contributed by atoms with Gasteiger partial charge in [0.2, 0.25) is 0 Å². The summed E-state index contributed by atoms with van der Waals surface area (Å²) in [6, 6.07) is 12.6. The van der Waals surface area contributed by atoms with Gasteiger partial charge in [0.25, 0.3) is 0 Å². The van der Waals surface area contributed by atoms with E-state index in [4.69, 9.17) is 9.47 Å². The Kier molecular flexibility index (Phi) is 4.42. The van der Waals surface area contributed by atoms with Crippen molar-refractivity contribution in [3.8, 4) is 11.5 Å². The number of aryl methyl sites for hydroxylation is 1. The highest BCUT2D eigenvalue weighted by Crippen LogP contribution is 2.32. The number of ketones is 1. The Morgan fingerprint density at radius 3 is 2.65 bits per heavy atom. The summed E-state index contributed by atoms with van der Waals surface area (Å²) in [5, 5.41) is 0. The second-order valence-corrected chi connectivity index (χ2v) is 5.59. The Hall–Kier alpha value is -2.62. The predicted octanol–water partition coefficient (Wildman–Crippen LogP) is 3.50. The minimum absolute atomic E-state index is 0.0433. The van der Waals surface area contributed by atoms with Gasteiger partial charge in [0.1, 0.15) is 11.5 Å². The molecule has 0 aliphatic heterocycles. The first-order chi connectivity index (χ1) is 11.1. The lowest BCUT2D eigenvalue weighted by molar-refractivity contribution is -0.136. The second-order valence-electron chi connectivity index (χ2n) is 5.59. The lowest BCUT2D eigenvalue weighted by Crippen LogP contribution is -2.21. The van der Waals surface area contributed by atoms with Crippen molar-refractivity contribution >= 4 is 11.8 Å². The normalized spacial score (nSPS) is 13.3. The molecule has 0 spiro atoms. The fourth-order valence-electron chi connectivity index (χ4n) is 2.81. The molecule has 0 amide bonds. The Bertz CT molecular complexity index is 735. The molecule has 3 rings (SSSR count). The second kappa shape index (κ2) is 6.65. The van der Waals surface area contributed by atoms with Crippen molar-refractivity contribution in [3.05, 3.63) is 59.2 Å². The summed E-state index contributed by atoms with van der Waals surface area (Å²) in [5.74, 6) is 0.475. The topological polar surface area (TPSA) is 52.6 Å². The highest BCUT2D eigenvalue weighted by Gasteiger charge is 2.24. The van der Waals surface area contributed by atoms with E-state index in [1.165, 1.54) is 0 Å². The summed E-state index contributed by atoms with van der Waals surface area (Å²) in [4.78, 5) is 24.2. The molecule has 0 N–H and O–H groups in total. The Labute approximate surface area is 135 Å². The molecule has 2 aromatic rings. The van der Waals surface area contributed by atoms with Crippen molar-refractivity contribution in [2.24, 2.45) is 0 Å². The molecule has 0 bridgehead atoms. The standard InChI is InChI=1S/C19H18O4/c1-13-10-11-17(19-15(13)8-5-9-16(19)20)23-18(21)12-22-14-6-3-2-4-7-14/h2-4,6-7,10-11H,5,8-9,12H2,1H3. The van der Waals surface area contributed by atoms with Gasteiger partial charge in [-0.15, -0.1) is 0 Å². The monoisotopic (exact) mass is 310 g/mol. The molecule has 2 aromatic carbocycles. The van der Waals surface area contributed by atoms with Crippen molar-refractivity contribution in [3.63, 3.8) is 0 Å². The minimum Gasteiger partial charge on any atom is -0.482 e. The van der Waals surface area contributed by atoms with E-state index in [1.807, 2.05) is 31.2 Å². The molecule has 4 nitrogen and oxygen atoms in total. The summed E-state index contributed by atoms with van der Waals surface area (Å²) in [6.45, 7) is 1.78. The fraction of sp³-hybridized carbons (Fsp3) is 0.263. The Morgan fingerprint density at radius 1 is 1.09 bits per heavy atom. The van der Waals surface area contributed by atoms with Crippen LogP contribution in [-0.2, 0) is 11.2 Å². The highest BCUT2D eigenvalue weighted by atomic mass is 16.6. The van der Waals surface area contributed by atoms with Crippen molar-refractivity contribution in [1.82, 2.24) is 0 Å². The maximum Gasteiger partial charge on any atom is 0.349 e. The largest absolute Gasteiger partial charge is 0.482 e. The van der Waals surface area contributed by atoms with Gasteiger partial charge >= 0.3 is 5.97 Å². The van der Waals surface area contributed by atoms with Crippen LogP contribution in [0.1, 0.15) is 34.3 Å². The van der Waals surface area contributed by atoms with Gasteiger partial charge in [0.15, 0.2) is 12.4 Å². The van der Waals surface area contributed by atoms with Crippen molar-refractivity contribution in [1.29, 1.82) is 0 Å². The summed E-state index contributed by atoms with van der Waals surface area (Å²) in [5.41, 5.74) is 2.62. The zero-order valence-electron chi connectivity index (χ0n) is 13.0. The van der Waals surface area contributed by atoms with E-state index in [0.29, 0.717) is 23.5 Å². The van der Waals surface area contributed by atoms with E-state index >= 15 is 0 Å². The molecule has 1 aliphatic rings. The number of carbonyl (C=O) groups excluding carboxylic acids is 2. The Morgan fingerprint density at radius 2 is 1.87 bits per heavy atom. The van der Waals surface area contributed by atoms with Crippen LogP contribution >= 0.6 is 0 Å². The molecule has 0 radical (unpaired) electrons. The molecule has 0 saturated carbocycles. The summed E-state index contributed by atoms with van der Waals surface area (Å²) < 4.78 is 10.8. The molecule has 118 valence electrons. The maximum atomic E-state index is 12.2. The molecule has 0 heterocycles. The number of hydrogen-bond donors (Lipinski definition) is 0. The Balaban J connectivity index is 1.73. The van der Waals surface area contributed by atoms with Gasteiger partial charge in [-0.25, -0.2) is 4.79 Å². The van der Waals surface area contributed by atoms with Gasteiger partial charge in [0.05, 0.1) is 5.56 Å². The number of hydrogen-bond acceptors (Lipinski definition) is 4. The van der Waals surface area contributed by atoms with Gasteiger partial charge in [-0.2, -0.15) is 0 Å². The zero-order valence-corrected chi connectivity index (χ0v) is 13.0. The van der Waals surface area contributed by atoms with E-state index in [2.05, 4.69) is 0 Å². The maximum absolute atomic E-state index is 12.2. The molecule has 23 heavy (non-hydrogen) atoms. The van der Waals surface area contributed by atoms with E-state index in [0.717, 1.165) is 24.0 Å². The van der Waals surface area contributed by atoms with Crippen molar-refractivity contribution < 1.29 is 19.1 Å². The van der Waals surface area contributed by atoms with Gasteiger partial charge in [-0.3, -0.25) is 4.79 Å². The van der Waals surface area contributed by atoms with Crippen LogP contribution in [0.3, 0.4) is 0 Å². The van der Waals surface area contributed by atoms with Gasteiger partial charge in [0, 0.05) is 6.42 Å². The number of rotatable bonds is 4. The van der Waals surface area contributed by atoms with Crippen LogP contribution in [0.5, 0.6) is 11.5 Å². The molecule has 0 saturated heterocycles. The van der Waals surface area contributed by atoms with E-state index in [9.17, 15) is 9.59 Å². The first kappa shape index (κ1) is 15.3. The average molecular weight is 310 g/mol. The lowest BCUT2D eigenvalue weighted by Gasteiger charge is -2.20. The molecule has 1 aliphatic carbocycles. The average Bonchev–Trinajstić information content (AvgIpc) is 2.57. The smallest absolute Gasteiger partial charge is 0.349 e. The highest BCUT2D eigenvalue weighted by molar-refractivity contribution is 6.02. The summed E-state index contributed by atoms with van der Waals surface area (Å²) in [7, 11) is 0. The number of esters is 1. The minimum atomic E-state index is -0.515. The lowest BCUT2D eigenvalue weighted by atomic mass is 9.87. The number of benzene rings is 2. The van der Waals surface area contributed by atoms with Crippen LogP contribution in [0.4, 0.5) is 0 Å². The molecular formula is C19H18O4. The molecule has 4 heteroatoms. The van der Waals surface area contributed by atoms with Crippen LogP contribution in [-0.4, -0.2) is 18.4 Å². The predicted molar refractivity (Wildman–Crippen MR) is 86.0 cm³/mol.